The smallest absolute Gasteiger partial charge is 0.234 e. The fraction of sp³-hybridized carbons (Fsp3) is 0.917. The molecule has 6 nitrogen and oxygen atoms in total. The van der Waals surface area contributed by atoms with Crippen molar-refractivity contribution in [2.45, 2.75) is 0 Å². The number of carbonyl (C=O) groups excluding carboxylic acids is 1. The Bertz CT molecular complexity index is 230. The Kier molecular flexibility index (Phi) is 7.91. The van der Waals surface area contributed by atoms with E-state index >= 15 is 0 Å². The van der Waals surface area contributed by atoms with E-state index in [9.17, 15) is 4.79 Å². The summed E-state index contributed by atoms with van der Waals surface area (Å²) in [5, 5.41) is 5.94. The number of hydrogen-bond donors (Lipinski definition) is 2. The summed E-state index contributed by atoms with van der Waals surface area (Å²) >= 11 is 0. The van der Waals surface area contributed by atoms with Gasteiger partial charge in [-0.1, -0.05) is 0 Å². The fourth-order valence-electron chi connectivity index (χ4n) is 1.87. The fourth-order valence-corrected chi connectivity index (χ4v) is 1.87. The Hall–Kier alpha value is -0.690. The molecule has 0 aromatic heterocycles. The van der Waals surface area contributed by atoms with Gasteiger partial charge in [0.05, 0.1) is 13.2 Å². The van der Waals surface area contributed by atoms with Crippen molar-refractivity contribution in [3.8, 4) is 0 Å². The van der Waals surface area contributed by atoms with Crippen molar-refractivity contribution < 1.29 is 9.53 Å². The van der Waals surface area contributed by atoms with Crippen LogP contribution in [-0.2, 0) is 9.53 Å². The van der Waals surface area contributed by atoms with Gasteiger partial charge in [-0.15, -0.1) is 0 Å². The van der Waals surface area contributed by atoms with Crippen molar-refractivity contribution in [1.82, 2.24) is 20.4 Å². The van der Waals surface area contributed by atoms with Gasteiger partial charge in [0.1, 0.15) is 0 Å². The van der Waals surface area contributed by atoms with Crippen LogP contribution in [0.15, 0.2) is 0 Å². The number of ether oxygens (including phenoxy) is 1. The zero-order valence-corrected chi connectivity index (χ0v) is 11.6. The molecule has 1 rings (SSSR count). The van der Waals surface area contributed by atoms with Crippen molar-refractivity contribution in [2.75, 3.05) is 73.1 Å². The SMILES string of the molecule is COCCNC(=O)CNCCN1CCN(C)CC1. The van der Waals surface area contributed by atoms with E-state index in [0.717, 1.165) is 39.3 Å². The van der Waals surface area contributed by atoms with E-state index in [0.29, 0.717) is 19.7 Å². The van der Waals surface area contributed by atoms with Gasteiger partial charge in [-0.25, -0.2) is 0 Å². The predicted octanol–water partition coefficient (Wildman–Crippen LogP) is -1.41. The second-order valence-corrected chi connectivity index (χ2v) is 4.66. The van der Waals surface area contributed by atoms with Gasteiger partial charge in [-0.05, 0) is 7.05 Å². The minimum Gasteiger partial charge on any atom is -0.383 e. The van der Waals surface area contributed by atoms with Crippen LogP contribution in [-0.4, -0.2) is 88.8 Å². The van der Waals surface area contributed by atoms with Crippen LogP contribution in [0.5, 0.6) is 0 Å². The van der Waals surface area contributed by atoms with Crippen molar-refractivity contribution in [1.29, 1.82) is 0 Å². The van der Waals surface area contributed by atoms with Gasteiger partial charge in [-0.2, -0.15) is 0 Å². The summed E-state index contributed by atoms with van der Waals surface area (Å²) in [6.45, 7) is 7.92. The monoisotopic (exact) mass is 258 g/mol. The Morgan fingerprint density at radius 3 is 2.61 bits per heavy atom. The van der Waals surface area contributed by atoms with Gasteiger partial charge < -0.3 is 20.3 Å². The molecule has 18 heavy (non-hydrogen) atoms. The average Bonchev–Trinajstić information content (AvgIpc) is 2.37. The lowest BCUT2D eigenvalue weighted by atomic mass is 10.3. The van der Waals surface area contributed by atoms with Crippen molar-refractivity contribution in [3.05, 3.63) is 0 Å². The van der Waals surface area contributed by atoms with Crippen LogP contribution < -0.4 is 10.6 Å². The lowest BCUT2D eigenvalue weighted by Gasteiger charge is -2.32. The molecule has 1 fully saturated rings. The quantitative estimate of drug-likeness (QED) is 0.524. The number of carbonyl (C=O) groups is 1. The number of nitrogens with zero attached hydrogens (tertiary/aromatic N) is 2. The van der Waals surface area contributed by atoms with Crippen molar-refractivity contribution >= 4 is 5.91 Å². The highest BCUT2D eigenvalue weighted by molar-refractivity contribution is 5.77. The molecule has 106 valence electrons. The molecule has 0 saturated carbocycles. The van der Waals surface area contributed by atoms with E-state index < -0.39 is 0 Å². The molecule has 0 aromatic carbocycles. The first-order valence-corrected chi connectivity index (χ1v) is 6.59. The molecule has 1 heterocycles. The highest BCUT2D eigenvalue weighted by Crippen LogP contribution is 1.97. The Labute approximate surface area is 110 Å². The minimum absolute atomic E-state index is 0.0328. The summed E-state index contributed by atoms with van der Waals surface area (Å²) < 4.78 is 4.86. The first kappa shape index (κ1) is 15.4. The summed E-state index contributed by atoms with van der Waals surface area (Å²) in [7, 11) is 3.78. The third kappa shape index (κ3) is 6.90. The second kappa shape index (κ2) is 9.27. The summed E-state index contributed by atoms with van der Waals surface area (Å²) in [5.74, 6) is 0.0328. The van der Waals surface area contributed by atoms with Gasteiger partial charge in [0, 0.05) is 52.9 Å². The van der Waals surface area contributed by atoms with Crippen LogP contribution in [0, 0.1) is 0 Å². The summed E-state index contributed by atoms with van der Waals surface area (Å²) in [5.41, 5.74) is 0. The van der Waals surface area contributed by atoms with Crippen molar-refractivity contribution in [3.63, 3.8) is 0 Å². The molecule has 0 bridgehead atoms. The molecule has 2 N–H and O–H groups in total. The van der Waals surface area contributed by atoms with Gasteiger partial charge in [0.15, 0.2) is 0 Å². The zero-order chi connectivity index (χ0) is 13.2. The number of amides is 1. The summed E-state index contributed by atoms with van der Waals surface area (Å²) in [6.07, 6.45) is 0. The Morgan fingerprint density at radius 2 is 1.94 bits per heavy atom. The van der Waals surface area contributed by atoms with E-state index in [-0.39, 0.29) is 5.91 Å². The van der Waals surface area contributed by atoms with Gasteiger partial charge in [0.2, 0.25) is 5.91 Å². The van der Waals surface area contributed by atoms with E-state index in [1.807, 2.05) is 0 Å². The third-order valence-electron chi connectivity index (χ3n) is 3.11. The standard InChI is InChI=1S/C12H26N4O2/c1-15-6-8-16(9-7-15)5-3-13-11-12(17)14-4-10-18-2/h13H,3-11H2,1-2H3,(H,14,17). The molecule has 0 aliphatic carbocycles. The molecule has 0 atom stereocenters. The first-order valence-electron chi connectivity index (χ1n) is 6.59. The molecule has 0 unspecified atom stereocenters. The molecule has 6 heteroatoms. The number of rotatable bonds is 8. The minimum atomic E-state index is 0.0328. The number of hydrogen-bond acceptors (Lipinski definition) is 5. The van der Waals surface area contributed by atoms with E-state index in [1.165, 1.54) is 0 Å². The maximum Gasteiger partial charge on any atom is 0.234 e. The number of likely N-dealkylation sites (N-methyl/N-ethyl adjacent to an activating group) is 1. The van der Waals surface area contributed by atoms with Gasteiger partial charge in [0.25, 0.3) is 0 Å². The second-order valence-electron chi connectivity index (χ2n) is 4.66. The maximum atomic E-state index is 11.4. The van der Waals surface area contributed by atoms with Crippen LogP contribution in [0.2, 0.25) is 0 Å². The lowest BCUT2D eigenvalue weighted by Crippen LogP contribution is -2.47. The van der Waals surface area contributed by atoms with E-state index in [1.54, 1.807) is 7.11 Å². The molecule has 0 radical (unpaired) electrons. The highest BCUT2D eigenvalue weighted by atomic mass is 16.5. The molecule has 1 saturated heterocycles. The molecule has 1 aliphatic rings. The number of nitrogens with one attached hydrogen (secondary N) is 2. The predicted molar refractivity (Wildman–Crippen MR) is 71.7 cm³/mol. The lowest BCUT2D eigenvalue weighted by molar-refractivity contribution is -0.120. The number of piperazine rings is 1. The van der Waals surface area contributed by atoms with E-state index in [4.69, 9.17) is 4.74 Å². The topological polar surface area (TPSA) is 56.8 Å². The maximum absolute atomic E-state index is 11.4. The number of methoxy groups -OCH3 is 1. The summed E-state index contributed by atoms with van der Waals surface area (Å²) in [6, 6.07) is 0. The largest absolute Gasteiger partial charge is 0.383 e. The zero-order valence-electron chi connectivity index (χ0n) is 11.6. The molecular formula is C12H26N4O2. The highest BCUT2D eigenvalue weighted by Gasteiger charge is 2.12. The molecular weight excluding hydrogens is 232 g/mol. The first-order chi connectivity index (χ1) is 8.72. The summed E-state index contributed by atoms with van der Waals surface area (Å²) in [4.78, 5) is 16.1. The molecule has 1 amide bonds. The van der Waals surface area contributed by atoms with Gasteiger partial charge >= 0.3 is 0 Å². The van der Waals surface area contributed by atoms with Crippen LogP contribution in [0.4, 0.5) is 0 Å². The third-order valence-corrected chi connectivity index (χ3v) is 3.11. The normalized spacial score (nSPS) is 17.9. The molecule has 0 spiro atoms. The van der Waals surface area contributed by atoms with Crippen molar-refractivity contribution in [2.24, 2.45) is 0 Å². The van der Waals surface area contributed by atoms with Gasteiger partial charge in [-0.3, -0.25) is 9.69 Å². The van der Waals surface area contributed by atoms with Crippen LogP contribution in [0.1, 0.15) is 0 Å². The van der Waals surface area contributed by atoms with Crippen LogP contribution in [0.25, 0.3) is 0 Å². The van der Waals surface area contributed by atoms with Crippen LogP contribution in [0.3, 0.4) is 0 Å². The average molecular weight is 258 g/mol. The molecule has 0 aromatic rings. The van der Waals surface area contributed by atoms with Crippen LogP contribution >= 0.6 is 0 Å². The Balaban J connectivity index is 1.93. The molecule has 1 aliphatic heterocycles. The Morgan fingerprint density at radius 1 is 1.22 bits per heavy atom. The van der Waals surface area contributed by atoms with E-state index in [2.05, 4.69) is 27.5 Å².